The number of fused-ring (bicyclic) bond motifs is 1. The van der Waals surface area contributed by atoms with Crippen molar-refractivity contribution in [2.24, 2.45) is 0 Å². The summed E-state index contributed by atoms with van der Waals surface area (Å²) in [6, 6.07) is 0.418. The molecule has 98 valence electrons. The van der Waals surface area contributed by atoms with E-state index in [9.17, 15) is 4.79 Å². The molecule has 0 bridgehead atoms. The number of ether oxygens (including phenoxy) is 1. The van der Waals surface area contributed by atoms with Crippen molar-refractivity contribution in [3.05, 3.63) is 0 Å². The van der Waals surface area contributed by atoms with E-state index in [1.54, 1.807) is 0 Å². The molecule has 5 heteroatoms. The Morgan fingerprint density at radius 2 is 2.35 bits per heavy atom. The van der Waals surface area contributed by atoms with Crippen LogP contribution in [0.1, 0.15) is 25.7 Å². The van der Waals surface area contributed by atoms with E-state index in [0.29, 0.717) is 12.1 Å². The Hall–Kier alpha value is -0.650. The van der Waals surface area contributed by atoms with Crippen molar-refractivity contribution in [1.82, 2.24) is 10.2 Å². The van der Waals surface area contributed by atoms with Gasteiger partial charge < -0.3 is 14.7 Å². The molecule has 2 aliphatic heterocycles. The average molecular weight is 242 g/mol. The van der Waals surface area contributed by atoms with Crippen molar-refractivity contribution in [2.75, 3.05) is 26.8 Å². The zero-order valence-electron chi connectivity index (χ0n) is 10.4. The maximum Gasteiger partial charge on any atom is 0.323 e. The fourth-order valence-electron chi connectivity index (χ4n) is 3.02. The summed E-state index contributed by atoms with van der Waals surface area (Å²) in [5.41, 5.74) is 0. The van der Waals surface area contributed by atoms with Gasteiger partial charge in [0.2, 0.25) is 0 Å². The second-order valence-electron chi connectivity index (χ2n) is 5.07. The van der Waals surface area contributed by atoms with E-state index < -0.39 is 12.0 Å². The van der Waals surface area contributed by atoms with Crippen LogP contribution in [0.3, 0.4) is 0 Å². The molecule has 2 N–H and O–H groups in total. The molecule has 2 saturated heterocycles. The number of aliphatic carboxylic acids is 1. The van der Waals surface area contributed by atoms with Crippen LogP contribution in [0.15, 0.2) is 0 Å². The molecule has 0 amide bonds. The maximum absolute atomic E-state index is 11.0. The summed E-state index contributed by atoms with van der Waals surface area (Å²) < 4.78 is 4.94. The zero-order chi connectivity index (χ0) is 12.3. The molecule has 0 aliphatic carbocycles. The van der Waals surface area contributed by atoms with Gasteiger partial charge in [-0.2, -0.15) is 0 Å². The van der Waals surface area contributed by atoms with Crippen molar-refractivity contribution in [1.29, 1.82) is 0 Å². The number of nitrogens with one attached hydrogen (secondary N) is 1. The molecule has 17 heavy (non-hydrogen) atoms. The Morgan fingerprint density at radius 1 is 1.53 bits per heavy atom. The van der Waals surface area contributed by atoms with Crippen LogP contribution in [0.25, 0.3) is 0 Å². The number of carboxylic acids is 1. The Morgan fingerprint density at radius 3 is 3.06 bits per heavy atom. The Bertz CT molecular complexity index is 272. The molecule has 3 unspecified atom stereocenters. The third-order valence-corrected chi connectivity index (χ3v) is 3.89. The normalized spacial score (nSPS) is 31.1. The topological polar surface area (TPSA) is 61.8 Å². The maximum atomic E-state index is 11.0. The van der Waals surface area contributed by atoms with Crippen LogP contribution in [-0.2, 0) is 9.53 Å². The van der Waals surface area contributed by atoms with Gasteiger partial charge in [0.05, 0.1) is 6.61 Å². The molecule has 5 nitrogen and oxygen atoms in total. The van der Waals surface area contributed by atoms with Gasteiger partial charge in [0.1, 0.15) is 6.04 Å². The molecule has 2 rings (SSSR count). The molecule has 2 aliphatic rings. The van der Waals surface area contributed by atoms with Crippen LogP contribution in [-0.4, -0.2) is 60.9 Å². The summed E-state index contributed by atoms with van der Waals surface area (Å²) in [6.45, 7) is 2.56. The van der Waals surface area contributed by atoms with Gasteiger partial charge in [-0.3, -0.25) is 10.1 Å². The lowest BCUT2D eigenvalue weighted by Gasteiger charge is -2.36. The van der Waals surface area contributed by atoms with Gasteiger partial charge in [-0.15, -0.1) is 0 Å². The highest BCUT2D eigenvalue weighted by molar-refractivity contribution is 5.73. The van der Waals surface area contributed by atoms with E-state index in [0.717, 1.165) is 19.4 Å². The minimum atomic E-state index is -0.819. The monoisotopic (exact) mass is 242 g/mol. The SMILES string of the molecule is COCC(NC1CCN2CCCC2C1)C(=O)O. The van der Waals surface area contributed by atoms with Crippen molar-refractivity contribution < 1.29 is 14.6 Å². The molecule has 0 aromatic rings. The van der Waals surface area contributed by atoms with E-state index in [2.05, 4.69) is 10.2 Å². The number of carbonyl (C=O) groups is 1. The second-order valence-corrected chi connectivity index (χ2v) is 5.07. The molecule has 0 aromatic carbocycles. The molecule has 0 saturated carbocycles. The number of carboxylic acid groups (broad SMARTS) is 1. The largest absolute Gasteiger partial charge is 0.480 e. The molecule has 2 fully saturated rings. The average Bonchev–Trinajstić information content (AvgIpc) is 2.75. The van der Waals surface area contributed by atoms with Crippen LogP contribution < -0.4 is 5.32 Å². The first-order valence-corrected chi connectivity index (χ1v) is 6.42. The highest BCUT2D eigenvalue weighted by atomic mass is 16.5. The highest BCUT2D eigenvalue weighted by Crippen LogP contribution is 2.26. The third kappa shape index (κ3) is 3.18. The molecule has 0 radical (unpaired) electrons. The predicted molar refractivity (Wildman–Crippen MR) is 64.1 cm³/mol. The quantitative estimate of drug-likeness (QED) is 0.726. The lowest BCUT2D eigenvalue weighted by atomic mass is 9.97. The first kappa shape index (κ1) is 12.8. The predicted octanol–water partition coefficient (Wildman–Crippen LogP) is 0.302. The van der Waals surface area contributed by atoms with Gasteiger partial charge in [-0.05, 0) is 38.8 Å². The summed E-state index contributed by atoms with van der Waals surface area (Å²) >= 11 is 0. The van der Waals surface area contributed by atoms with Gasteiger partial charge in [0.15, 0.2) is 0 Å². The summed E-state index contributed by atoms with van der Waals surface area (Å²) in [7, 11) is 1.54. The summed E-state index contributed by atoms with van der Waals surface area (Å²) in [6.07, 6.45) is 4.68. The molecule has 2 heterocycles. The van der Waals surface area contributed by atoms with Gasteiger partial charge in [-0.1, -0.05) is 0 Å². The lowest BCUT2D eigenvalue weighted by molar-refractivity contribution is -0.141. The number of hydrogen-bond donors (Lipinski definition) is 2. The molecular formula is C12H22N2O3. The number of piperidine rings is 1. The van der Waals surface area contributed by atoms with E-state index in [4.69, 9.17) is 9.84 Å². The fourth-order valence-corrected chi connectivity index (χ4v) is 3.02. The van der Waals surface area contributed by atoms with E-state index >= 15 is 0 Å². The van der Waals surface area contributed by atoms with Crippen LogP contribution in [0.4, 0.5) is 0 Å². The number of rotatable bonds is 5. The van der Waals surface area contributed by atoms with Crippen molar-refractivity contribution in [2.45, 2.75) is 43.8 Å². The van der Waals surface area contributed by atoms with Crippen LogP contribution >= 0.6 is 0 Å². The zero-order valence-corrected chi connectivity index (χ0v) is 10.4. The number of hydrogen-bond acceptors (Lipinski definition) is 4. The van der Waals surface area contributed by atoms with Crippen molar-refractivity contribution in [3.63, 3.8) is 0 Å². The Labute approximate surface area is 102 Å². The van der Waals surface area contributed by atoms with Gasteiger partial charge in [-0.25, -0.2) is 0 Å². The van der Waals surface area contributed by atoms with E-state index in [1.807, 2.05) is 0 Å². The third-order valence-electron chi connectivity index (χ3n) is 3.89. The minimum Gasteiger partial charge on any atom is -0.480 e. The smallest absolute Gasteiger partial charge is 0.323 e. The summed E-state index contributed by atoms with van der Waals surface area (Å²) in [4.78, 5) is 13.6. The van der Waals surface area contributed by atoms with Gasteiger partial charge >= 0.3 is 5.97 Å². The molecule has 0 aromatic heterocycles. The summed E-state index contributed by atoms with van der Waals surface area (Å²) in [5.74, 6) is -0.819. The van der Waals surface area contributed by atoms with Crippen molar-refractivity contribution >= 4 is 5.97 Å². The van der Waals surface area contributed by atoms with Crippen LogP contribution in [0.2, 0.25) is 0 Å². The van der Waals surface area contributed by atoms with Gasteiger partial charge in [0, 0.05) is 19.2 Å². The van der Waals surface area contributed by atoms with Gasteiger partial charge in [0.25, 0.3) is 0 Å². The van der Waals surface area contributed by atoms with Crippen LogP contribution in [0, 0.1) is 0 Å². The standard InChI is InChI=1S/C12H22N2O3/c1-17-8-11(12(15)16)13-9-4-6-14-5-2-3-10(14)7-9/h9-11,13H,2-8H2,1H3,(H,15,16). The molecule has 0 spiro atoms. The number of nitrogens with zero attached hydrogens (tertiary/aromatic N) is 1. The second kappa shape index (κ2) is 5.80. The molecule has 3 atom stereocenters. The van der Waals surface area contributed by atoms with Crippen molar-refractivity contribution in [3.8, 4) is 0 Å². The minimum absolute atomic E-state index is 0.236. The molecular weight excluding hydrogens is 220 g/mol. The Balaban J connectivity index is 1.83. The fraction of sp³-hybridized carbons (Fsp3) is 0.917. The number of methoxy groups -OCH3 is 1. The Kier molecular flexibility index (Phi) is 4.36. The highest BCUT2D eigenvalue weighted by Gasteiger charge is 2.33. The van der Waals surface area contributed by atoms with Crippen LogP contribution in [0.5, 0.6) is 0 Å². The summed E-state index contributed by atoms with van der Waals surface area (Å²) in [5, 5.41) is 12.3. The first-order valence-electron chi connectivity index (χ1n) is 6.42. The lowest BCUT2D eigenvalue weighted by Crippen LogP contribution is -2.52. The first-order chi connectivity index (χ1) is 8.20. The van der Waals surface area contributed by atoms with E-state index in [-0.39, 0.29) is 6.61 Å². The van der Waals surface area contributed by atoms with E-state index in [1.165, 1.54) is 26.5 Å².